The number of carboxylic acid groups (broad SMARTS) is 1. The number of nitrogens with one attached hydrogen (secondary N) is 2. The number of halogens is 3. The fourth-order valence-corrected chi connectivity index (χ4v) is 2.87. The molecular weight excluding hydrogens is 486 g/mol. The average Bonchev–Trinajstić information content (AvgIpc) is 2.51. The lowest BCUT2D eigenvalue weighted by Crippen LogP contribution is -2.34. The van der Waals surface area contributed by atoms with E-state index in [9.17, 15) is 9.59 Å². The Morgan fingerprint density at radius 1 is 1.04 bits per heavy atom. The van der Waals surface area contributed by atoms with Crippen LogP contribution in [-0.2, 0) is 0 Å². The molecule has 124 valence electrons. The number of carboxylic acids is 1. The highest BCUT2D eigenvalue weighted by Gasteiger charge is 2.14. The van der Waals surface area contributed by atoms with Crippen molar-refractivity contribution in [2.24, 2.45) is 0 Å². The van der Waals surface area contributed by atoms with Crippen molar-refractivity contribution >= 4 is 80.7 Å². The highest BCUT2D eigenvalue weighted by Crippen LogP contribution is 2.21. The molecule has 0 fully saturated rings. The molecule has 24 heavy (non-hydrogen) atoms. The topological polar surface area (TPSA) is 78.4 Å². The number of thiocarbonyl (C=S) groups is 1. The molecule has 3 N–H and O–H groups in total. The Kier molecular flexibility index (Phi) is 6.39. The van der Waals surface area contributed by atoms with Crippen LogP contribution < -0.4 is 10.6 Å². The van der Waals surface area contributed by atoms with Gasteiger partial charge in [-0.3, -0.25) is 10.1 Å². The zero-order valence-corrected chi connectivity index (χ0v) is 16.3. The monoisotopic (exact) mass is 494 g/mol. The van der Waals surface area contributed by atoms with Crippen LogP contribution in [0.2, 0.25) is 10.0 Å². The predicted octanol–water partition coefficient (Wildman–Crippen LogP) is 4.42. The van der Waals surface area contributed by atoms with Gasteiger partial charge in [-0.2, -0.15) is 0 Å². The first-order valence-electron chi connectivity index (χ1n) is 6.38. The zero-order valence-electron chi connectivity index (χ0n) is 11.8. The van der Waals surface area contributed by atoms with Crippen molar-refractivity contribution in [1.82, 2.24) is 5.32 Å². The van der Waals surface area contributed by atoms with Crippen molar-refractivity contribution < 1.29 is 14.7 Å². The Balaban J connectivity index is 2.11. The van der Waals surface area contributed by atoms with Gasteiger partial charge in [0.15, 0.2) is 5.11 Å². The molecule has 0 aliphatic rings. The van der Waals surface area contributed by atoms with Crippen LogP contribution in [0, 0.1) is 3.57 Å². The van der Waals surface area contributed by atoms with Gasteiger partial charge < -0.3 is 10.4 Å². The summed E-state index contributed by atoms with van der Waals surface area (Å²) in [5.41, 5.74) is 0.599. The molecule has 0 spiro atoms. The Morgan fingerprint density at radius 2 is 1.67 bits per heavy atom. The zero-order chi connectivity index (χ0) is 17.9. The quantitative estimate of drug-likeness (QED) is 0.434. The van der Waals surface area contributed by atoms with E-state index in [1.165, 1.54) is 12.1 Å². The van der Waals surface area contributed by atoms with Crippen molar-refractivity contribution in [1.29, 1.82) is 0 Å². The van der Waals surface area contributed by atoms with Gasteiger partial charge in [0.25, 0.3) is 5.91 Å². The standard InChI is InChI=1S/C15H9Cl2IN2O3S/c16-11-3-1-7(18)5-9(11)13(21)20-15(24)19-8-2-4-12(17)10(6-8)14(22)23/h1-6H,(H,22,23)(H2,19,20,21,24). The molecule has 9 heteroatoms. The summed E-state index contributed by atoms with van der Waals surface area (Å²) >= 11 is 18.9. The van der Waals surface area contributed by atoms with E-state index in [4.69, 9.17) is 40.5 Å². The first-order chi connectivity index (χ1) is 11.3. The summed E-state index contributed by atoms with van der Waals surface area (Å²) in [6, 6.07) is 9.32. The predicted molar refractivity (Wildman–Crippen MR) is 106 cm³/mol. The normalized spacial score (nSPS) is 10.1. The van der Waals surface area contributed by atoms with Crippen LogP contribution >= 0.6 is 58.0 Å². The van der Waals surface area contributed by atoms with Crippen LogP contribution in [0.25, 0.3) is 0 Å². The number of carbonyl (C=O) groups is 2. The van der Waals surface area contributed by atoms with Gasteiger partial charge >= 0.3 is 5.97 Å². The van der Waals surface area contributed by atoms with E-state index in [-0.39, 0.29) is 21.3 Å². The van der Waals surface area contributed by atoms with E-state index >= 15 is 0 Å². The summed E-state index contributed by atoms with van der Waals surface area (Å²) < 4.78 is 0.852. The molecule has 0 saturated heterocycles. The van der Waals surface area contributed by atoms with Crippen LogP contribution in [0.5, 0.6) is 0 Å². The van der Waals surface area contributed by atoms with Crippen LogP contribution in [0.15, 0.2) is 36.4 Å². The molecule has 0 aromatic heterocycles. The largest absolute Gasteiger partial charge is 0.478 e. The minimum atomic E-state index is -1.16. The Bertz CT molecular complexity index is 845. The van der Waals surface area contributed by atoms with Gasteiger partial charge in [0.2, 0.25) is 0 Å². The lowest BCUT2D eigenvalue weighted by molar-refractivity contribution is 0.0697. The number of aromatic carboxylic acids is 1. The maximum Gasteiger partial charge on any atom is 0.337 e. The molecule has 2 aromatic rings. The molecular formula is C15H9Cl2IN2O3S. The maximum absolute atomic E-state index is 12.2. The third-order valence-corrected chi connectivity index (χ3v) is 4.39. The first kappa shape index (κ1) is 18.9. The van der Waals surface area contributed by atoms with Crippen molar-refractivity contribution in [3.8, 4) is 0 Å². The smallest absolute Gasteiger partial charge is 0.337 e. The minimum absolute atomic E-state index is 0.00795. The van der Waals surface area contributed by atoms with E-state index in [0.29, 0.717) is 10.7 Å². The third kappa shape index (κ3) is 4.79. The van der Waals surface area contributed by atoms with Gasteiger partial charge in [0, 0.05) is 9.26 Å². The molecule has 2 rings (SSSR count). The van der Waals surface area contributed by atoms with Gasteiger partial charge in [-0.15, -0.1) is 0 Å². The summed E-state index contributed by atoms with van der Waals surface area (Å²) in [5.74, 6) is -1.63. The molecule has 2 aromatic carbocycles. The molecule has 0 aliphatic carbocycles. The second kappa shape index (κ2) is 8.11. The SMILES string of the molecule is O=C(O)c1cc(NC(=S)NC(=O)c2cc(I)ccc2Cl)ccc1Cl. The number of carbonyl (C=O) groups excluding carboxylic acids is 1. The fourth-order valence-electron chi connectivity index (χ4n) is 1.77. The van der Waals surface area contributed by atoms with Gasteiger partial charge in [-0.1, -0.05) is 23.2 Å². The summed E-state index contributed by atoms with van der Waals surface area (Å²) in [6.45, 7) is 0. The summed E-state index contributed by atoms with van der Waals surface area (Å²) in [6.07, 6.45) is 0. The summed E-state index contributed by atoms with van der Waals surface area (Å²) in [5, 5.41) is 14.7. The number of hydrogen-bond donors (Lipinski definition) is 3. The van der Waals surface area contributed by atoms with Crippen LogP contribution in [0.1, 0.15) is 20.7 Å². The third-order valence-electron chi connectivity index (χ3n) is 2.85. The van der Waals surface area contributed by atoms with Crippen LogP contribution in [0.3, 0.4) is 0 Å². The molecule has 5 nitrogen and oxygen atoms in total. The molecule has 0 saturated carbocycles. The van der Waals surface area contributed by atoms with E-state index in [1.54, 1.807) is 24.3 Å². The van der Waals surface area contributed by atoms with E-state index in [0.717, 1.165) is 3.57 Å². The molecule has 0 aliphatic heterocycles. The Labute approximate surface area is 166 Å². The van der Waals surface area contributed by atoms with Gasteiger partial charge in [0.05, 0.1) is 21.2 Å². The molecule has 0 atom stereocenters. The van der Waals surface area contributed by atoms with Crippen LogP contribution in [-0.4, -0.2) is 22.1 Å². The molecule has 0 unspecified atom stereocenters. The highest BCUT2D eigenvalue weighted by atomic mass is 127. The van der Waals surface area contributed by atoms with Gasteiger partial charge in [-0.05, 0) is 71.2 Å². The fraction of sp³-hybridized carbons (Fsp3) is 0. The summed E-state index contributed by atoms with van der Waals surface area (Å²) in [4.78, 5) is 23.3. The van der Waals surface area contributed by atoms with Crippen molar-refractivity contribution in [3.63, 3.8) is 0 Å². The lowest BCUT2D eigenvalue weighted by atomic mass is 10.2. The molecule has 1 amide bonds. The summed E-state index contributed by atoms with van der Waals surface area (Å²) in [7, 11) is 0. The second-order valence-corrected chi connectivity index (χ2v) is 7.00. The molecule has 0 heterocycles. The van der Waals surface area contributed by atoms with E-state index in [1.807, 2.05) is 0 Å². The Morgan fingerprint density at radius 3 is 2.33 bits per heavy atom. The first-order valence-corrected chi connectivity index (χ1v) is 8.62. The molecule has 0 radical (unpaired) electrons. The van der Waals surface area contributed by atoms with Crippen molar-refractivity contribution in [2.45, 2.75) is 0 Å². The minimum Gasteiger partial charge on any atom is -0.478 e. The van der Waals surface area contributed by atoms with E-state index < -0.39 is 11.9 Å². The number of rotatable bonds is 3. The van der Waals surface area contributed by atoms with Gasteiger partial charge in [0.1, 0.15) is 0 Å². The Hall–Kier alpha value is -1.42. The second-order valence-electron chi connectivity index (χ2n) is 4.53. The number of hydrogen-bond acceptors (Lipinski definition) is 3. The lowest BCUT2D eigenvalue weighted by Gasteiger charge is -2.11. The molecule has 0 bridgehead atoms. The number of anilines is 1. The van der Waals surface area contributed by atoms with E-state index in [2.05, 4.69) is 33.2 Å². The van der Waals surface area contributed by atoms with Crippen molar-refractivity contribution in [2.75, 3.05) is 5.32 Å². The maximum atomic E-state index is 12.2. The number of amides is 1. The number of benzene rings is 2. The van der Waals surface area contributed by atoms with Crippen molar-refractivity contribution in [3.05, 3.63) is 61.1 Å². The highest BCUT2D eigenvalue weighted by molar-refractivity contribution is 14.1. The average molecular weight is 495 g/mol. The van der Waals surface area contributed by atoms with Gasteiger partial charge in [-0.25, -0.2) is 4.79 Å². The van der Waals surface area contributed by atoms with Crippen LogP contribution in [0.4, 0.5) is 5.69 Å².